The van der Waals surface area contributed by atoms with E-state index in [0.717, 1.165) is 50.4 Å². The summed E-state index contributed by atoms with van der Waals surface area (Å²) in [4.78, 5) is 32.8. The maximum atomic E-state index is 12.9. The van der Waals surface area contributed by atoms with Crippen LogP contribution in [0.2, 0.25) is 0 Å². The van der Waals surface area contributed by atoms with Crippen LogP contribution in [0.1, 0.15) is 50.2 Å². The number of hydrogen-bond donors (Lipinski definition) is 2. The SMILES string of the molecule is CC(=O)N1C[C@@H](N)CC[C@@H](C(=O)N2CCC(c3n[nH]c(C)n3)CC2)C1. The third kappa shape index (κ3) is 4.18. The van der Waals surface area contributed by atoms with Crippen LogP contribution in [0.4, 0.5) is 0 Å². The summed E-state index contributed by atoms with van der Waals surface area (Å²) in [5, 5.41) is 7.14. The van der Waals surface area contributed by atoms with Crippen molar-refractivity contribution in [3.8, 4) is 0 Å². The number of carbonyl (C=O) groups is 2. The minimum absolute atomic E-state index is 0.00571. The predicted molar refractivity (Wildman–Crippen MR) is 92.6 cm³/mol. The van der Waals surface area contributed by atoms with E-state index in [9.17, 15) is 9.59 Å². The number of aryl methyl sites for hydroxylation is 1. The first-order valence-electron chi connectivity index (χ1n) is 9.12. The highest BCUT2D eigenvalue weighted by Crippen LogP contribution is 2.27. The second kappa shape index (κ2) is 7.51. The van der Waals surface area contributed by atoms with Crippen LogP contribution in [0.15, 0.2) is 0 Å². The molecule has 2 amide bonds. The lowest BCUT2D eigenvalue weighted by molar-refractivity contribution is -0.138. The van der Waals surface area contributed by atoms with E-state index in [1.807, 2.05) is 11.8 Å². The molecule has 3 N–H and O–H groups in total. The van der Waals surface area contributed by atoms with Gasteiger partial charge >= 0.3 is 0 Å². The van der Waals surface area contributed by atoms with Gasteiger partial charge in [0.05, 0.1) is 5.92 Å². The fraction of sp³-hybridized carbons (Fsp3) is 0.765. The Labute approximate surface area is 148 Å². The Balaban J connectivity index is 1.58. The topological polar surface area (TPSA) is 108 Å². The molecule has 25 heavy (non-hydrogen) atoms. The average Bonchev–Trinajstić information content (AvgIpc) is 2.92. The molecule has 0 aromatic carbocycles. The molecule has 8 nitrogen and oxygen atoms in total. The lowest BCUT2D eigenvalue weighted by Gasteiger charge is -2.34. The molecule has 0 bridgehead atoms. The molecule has 0 unspecified atom stereocenters. The van der Waals surface area contributed by atoms with E-state index in [2.05, 4.69) is 15.2 Å². The molecule has 8 heteroatoms. The third-order valence-corrected chi connectivity index (χ3v) is 5.36. The highest BCUT2D eigenvalue weighted by atomic mass is 16.2. The highest BCUT2D eigenvalue weighted by Gasteiger charge is 2.33. The molecular formula is C17H28N6O2. The Morgan fingerprint density at radius 2 is 1.84 bits per heavy atom. The molecule has 1 aromatic rings. The van der Waals surface area contributed by atoms with Gasteiger partial charge in [-0.15, -0.1) is 0 Å². The molecule has 138 valence electrons. The lowest BCUT2D eigenvalue weighted by atomic mass is 9.94. The summed E-state index contributed by atoms with van der Waals surface area (Å²) in [6, 6.07) is -0.0404. The van der Waals surface area contributed by atoms with Crippen LogP contribution in [0.5, 0.6) is 0 Å². The van der Waals surface area contributed by atoms with Gasteiger partial charge in [-0.1, -0.05) is 0 Å². The zero-order valence-corrected chi connectivity index (χ0v) is 15.1. The van der Waals surface area contributed by atoms with Crippen LogP contribution in [0, 0.1) is 12.8 Å². The van der Waals surface area contributed by atoms with Crippen molar-refractivity contribution in [3.05, 3.63) is 11.6 Å². The fourth-order valence-electron chi connectivity index (χ4n) is 3.84. The maximum absolute atomic E-state index is 12.9. The van der Waals surface area contributed by atoms with Gasteiger partial charge < -0.3 is 15.5 Å². The van der Waals surface area contributed by atoms with Gasteiger partial charge in [0.2, 0.25) is 11.8 Å². The number of nitrogens with zero attached hydrogens (tertiary/aromatic N) is 4. The van der Waals surface area contributed by atoms with E-state index in [0.29, 0.717) is 19.0 Å². The van der Waals surface area contributed by atoms with E-state index in [1.54, 1.807) is 11.8 Å². The van der Waals surface area contributed by atoms with Crippen molar-refractivity contribution < 1.29 is 9.59 Å². The zero-order valence-electron chi connectivity index (χ0n) is 15.1. The number of amides is 2. The van der Waals surface area contributed by atoms with Gasteiger partial charge in [-0.25, -0.2) is 4.98 Å². The number of nitrogens with two attached hydrogens (primary N) is 1. The van der Waals surface area contributed by atoms with Crippen molar-refractivity contribution in [2.24, 2.45) is 11.7 Å². The van der Waals surface area contributed by atoms with Gasteiger partial charge in [0.25, 0.3) is 0 Å². The predicted octanol–water partition coefficient (Wildman–Crippen LogP) is 0.405. The molecule has 3 rings (SSSR count). The highest BCUT2D eigenvalue weighted by molar-refractivity contribution is 5.80. The summed E-state index contributed by atoms with van der Waals surface area (Å²) < 4.78 is 0. The van der Waals surface area contributed by atoms with Crippen LogP contribution < -0.4 is 5.73 Å². The lowest BCUT2D eigenvalue weighted by Crippen LogP contribution is -2.45. The van der Waals surface area contributed by atoms with Crippen molar-refractivity contribution >= 4 is 11.8 Å². The second-order valence-corrected chi connectivity index (χ2v) is 7.34. The normalized spacial score (nSPS) is 25.7. The second-order valence-electron chi connectivity index (χ2n) is 7.34. The Morgan fingerprint density at radius 1 is 1.12 bits per heavy atom. The number of carbonyl (C=O) groups excluding carboxylic acids is 2. The number of piperidine rings is 1. The molecule has 0 saturated carbocycles. The van der Waals surface area contributed by atoms with Crippen molar-refractivity contribution in [2.75, 3.05) is 26.2 Å². The third-order valence-electron chi connectivity index (χ3n) is 5.36. The molecule has 2 fully saturated rings. The summed E-state index contributed by atoms with van der Waals surface area (Å²) >= 11 is 0. The monoisotopic (exact) mass is 348 g/mol. The Bertz CT molecular complexity index is 622. The van der Waals surface area contributed by atoms with Gasteiger partial charge in [0, 0.05) is 45.1 Å². The number of rotatable bonds is 2. The number of aromatic nitrogens is 3. The molecule has 3 heterocycles. The number of nitrogens with one attached hydrogen (secondary N) is 1. The smallest absolute Gasteiger partial charge is 0.227 e. The van der Waals surface area contributed by atoms with Gasteiger partial charge in [0.1, 0.15) is 5.82 Å². The molecule has 1 aromatic heterocycles. The first-order chi connectivity index (χ1) is 11.9. The first kappa shape index (κ1) is 17.8. The summed E-state index contributed by atoms with van der Waals surface area (Å²) in [5.74, 6) is 2.00. The molecule has 0 aliphatic carbocycles. The molecule has 2 saturated heterocycles. The van der Waals surface area contributed by atoms with E-state index in [1.165, 1.54) is 0 Å². The van der Waals surface area contributed by atoms with E-state index in [4.69, 9.17) is 5.73 Å². The van der Waals surface area contributed by atoms with Crippen LogP contribution in [-0.4, -0.2) is 69.0 Å². The summed E-state index contributed by atoms with van der Waals surface area (Å²) in [6.45, 7) is 5.92. The summed E-state index contributed by atoms with van der Waals surface area (Å²) in [6.07, 6.45) is 3.30. The van der Waals surface area contributed by atoms with Crippen molar-refractivity contribution in [1.29, 1.82) is 0 Å². The van der Waals surface area contributed by atoms with Gasteiger partial charge in [-0.2, -0.15) is 5.10 Å². The average molecular weight is 348 g/mol. The minimum Gasteiger partial charge on any atom is -0.342 e. The molecule has 2 aliphatic rings. The minimum atomic E-state index is -0.139. The van der Waals surface area contributed by atoms with Gasteiger partial charge in [-0.3, -0.25) is 14.7 Å². The summed E-state index contributed by atoms with van der Waals surface area (Å²) in [7, 11) is 0. The van der Waals surface area contributed by atoms with Crippen LogP contribution in [-0.2, 0) is 9.59 Å². The largest absolute Gasteiger partial charge is 0.342 e. The van der Waals surface area contributed by atoms with Crippen molar-refractivity contribution in [3.63, 3.8) is 0 Å². The van der Waals surface area contributed by atoms with Crippen LogP contribution >= 0.6 is 0 Å². The molecule has 2 aliphatic heterocycles. The molecular weight excluding hydrogens is 320 g/mol. The number of likely N-dealkylation sites (tertiary alicyclic amines) is 2. The number of H-pyrrole nitrogens is 1. The Morgan fingerprint density at radius 3 is 2.44 bits per heavy atom. The first-order valence-corrected chi connectivity index (χ1v) is 9.12. The fourth-order valence-corrected chi connectivity index (χ4v) is 3.84. The molecule has 0 radical (unpaired) electrons. The van der Waals surface area contributed by atoms with Crippen molar-refractivity contribution in [1.82, 2.24) is 25.0 Å². The maximum Gasteiger partial charge on any atom is 0.227 e. The van der Waals surface area contributed by atoms with Crippen LogP contribution in [0.3, 0.4) is 0 Å². The molecule has 2 atom stereocenters. The standard InChI is InChI=1S/C17H28N6O2/c1-11-19-16(21-20-11)13-5-7-22(8-6-13)17(25)14-3-4-15(18)10-23(9-14)12(2)24/h13-15H,3-10,18H2,1-2H3,(H,19,20,21)/t14-,15+/m1/s1. The Kier molecular flexibility index (Phi) is 5.36. The number of aromatic amines is 1. The van der Waals surface area contributed by atoms with Gasteiger partial charge in [-0.05, 0) is 32.6 Å². The van der Waals surface area contributed by atoms with E-state index < -0.39 is 0 Å². The van der Waals surface area contributed by atoms with E-state index in [-0.39, 0.29) is 23.8 Å². The van der Waals surface area contributed by atoms with Crippen LogP contribution in [0.25, 0.3) is 0 Å². The van der Waals surface area contributed by atoms with Gasteiger partial charge in [0.15, 0.2) is 5.82 Å². The zero-order chi connectivity index (χ0) is 18.0. The summed E-state index contributed by atoms with van der Waals surface area (Å²) in [5.41, 5.74) is 6.05. The Hall–Kier alpha value is -1.96. The van der Waals surface area contributed by atoms with Crippen molar-refractivity contribution in [2.45, 2.75) is 51.5 Å². The molecule has 0 spiro atoms. The quantitative estimate of drug-likeness (QED) is 0.804. The van der Waals surface area contributed by atoms with E-state index >= 15 is 0 Å². The number of hydrogen-bond acceptors (Lipinski definition) is 5.